The Morgan fingerprint density at radius 2 is 1.91 bits per heavy atom. The minimum absolute atomic E-state index is 0.168. The second-order valence-corrected chi connectivity index (χ2v) is 2.55. The molecule has 11 heavy (non-hydrogen) atoms. The van der Waals surface area contributed by atoms with E-state index in [9.17, 15) is 4.79 Å². The van der Waals surface area contributed by atoms with E-state index in [0.29, 0.717) is 13.0 Å². The molecular formula is C7H16N2O2. The van der Waals surface area contributed by atoms with Crippen molar-refractivity contribution in [2.45, 2.75) is 6.42 Å². The van der Waals surface area contributed by atoms with Gasteiger partial charge in [-0.2, -0.15) is 0 Å². The van der Waals surface area contributed by atoms with Gasteiger partial charge < -0.3 is 4.74 Å². The third-order valence-corrected chi connectivity index (χ3v) is 1.55. The summed E-state index contributed by atoms with van der Waals surface area (Å²) in [7, 11) is 7.18. The summed E-state index contributed by atoms with van der Waals surface area (Å²) < 4.78 is 4.50. The third kappa shape index (κ3) is 4.75. The standard InChI is InChI=1S/C7H16N2O2/c1-8(2)9(3)6-5-7(10)11-4/h5-6H2,1-4H3. The van der Waals surface area contributed by atoms with Crippen LogP contribution >= 0.6 is 0 Å². The summed E-state index contributed by atoms with van der Waals surface area (Å²) in [5.41, 5.74) is 0. The third-order valence-electron chi connectivity index (χ3n) is 1.55. The summed E-state index contributed by atoms with van der Waals surface area (Å²) in [6.07, 6.45) is 0.436. The Kier molecular flexibility index (Phi) is 4.81. The van der Waals surface area contributed by atoms with Gasteiger partial charge in [0.15, 0.2) is 0 Å². The second kappa shape index (κ2) is 5.09. The van der Waals surface area contributed by atoms with Gasteiger partial charge in [-0.1, -0.05) is 0 Å². The van der Waals surface area contributed by atoms with Crippen LogP contribution in [0.15, 0.2) is 0 Å². The summed E-state index contributed by atoms with van der Waals surface area (Å²) in [5, 5.41) is 3.86. The van der Waals surface area contributed by atoms with E-state index in [0.717, 1.165) is 0 Å². The molecule has 66 valence electrons. The fourth-order valence-electron chi connectivity index (χ4n) is 0.555. The Balaban J connectivity index is 3.45. The molecule has 0 amide bonds. The molecule has 0 bridgehead atoms. The van der Waals surface area contributed by atoms with E-state index in [-0.39, 0.29) is 5.97 Å². The highest BCUT2D eigenvalue weighted by Crippen LogP contribution is 1.90. The molecule has 0 aliphatic heterocycles. The zero-order valence-electron chi connectivity index (χ0n) is 7.63. The molecule has 0 saturated heterocycles. The molecule has 0 heterocycles. The van der Waals surface area contributed by atoms with Crippen molar-refractivity contribution in [1.82, 2.24) is 10.0 Å². The van der Waals surface area contributed by atoms with Gasteiger partial charge in [0, 0.05) is 27.7 Å². The Morgan fingerprint density at radius 1 is 1.36 bits per heavy atom. The average Bonchev–Trinajstić information content (AvgIpc) is 1.99. The van der Waals surface area contributed by atoms with Crippen LogP contribution in [-0.2, 0) is 9.53 Å². The maximum Gasteiger partial charge on any atom is 0.306 e. The maximum atomic E-state index is 10.7. The van der Waals surface area contributed by atoms with Crippen molar-refractivity contribution < 1.29 is 9.53 Å². The summed E-state index contributed by atoms with van der Waals surface area (Å²) in [5.74, 6) is -0.168. The van der Waals surface area contributed by atoms with E-state index in [4.69, 9.17) is 0 Å². The highest BCUT2D eigenvalue weighted by atomic mass is 16.5. The molecule has 4 nitrogen and oxygen atoms in total. The zero-order valence-corrected chi connectivity index (χ0v) is 7.63. The molecule has 4 heteroatoms. The predicted octanol–water partition coefficient (Wildman–Crippen LogP) is -0.0421. The first kappa shape index (κ1) is 10.4. The first-order valence-corrected chi connectivity index (χ1v) is 3.53. The fourth-order valence-corrected chi connectivity index (χ4v) is 0.555. The molecule has 0 N–H and O–H groups in total. The molecule has 0 aliphatic rings. The van der Waals surface area contributed by atoms with E-state index in [1.165, 1.54) is 7.11 Å². The van der Waals surface area contributed by atoms with Crippen LogP contribution in [0.4, 0.5) is 0 Å². The van der Waals surface area contributed by atoms with E-state index in [1.54, 1.807) is 0 Å². The lowest BCUT2D eigenvalue weighted by Crippen LogP contribution is -2.34. The minimum Gasteiger partial charge on any atom is -0.469 e. The van der Waals surface area contributed by atoms with E-state index in [2.05, 4.69) is 4.74 Å². The largest absolute Gasteiger partial charge is 0.469 e. The number of carbonyl (C=O) groups is 1. The lowest BCUT2D eigenvalue weighted by Gasteiger charge is -2.23. The molecule has 0 saturated carbocycles. The smallest absolute Gasteiger partial charge is 0.306 e. The monoisotopic (exact) mass is 160 g/mol. The molecule has 0 aliphatic carbocycles. The van der Waals surface area contributed by atoms with Crippen LogP contribution < -0.4 is 0 Å². The number of methoxy groups -OCH3 is 1. The van der Waals surface area contributed by atoms with Gasteiger partial charge in [-0.3, -0.25) is 4.79 Å². The van der Waals surface area contributed by atoms with Crippen LogP contribution in [0.5, 0.6) is 0 Å². The number of nitrogens with zero attached hydrogens (tertiary/aromatic N) is 2. The highest BCUT2D eigenvalue weighted by molar-refractivity contribution is 5.69. The predicted molar refractivity (Wildman–Crippen MR) is 43.0 cm³/mol. The Labute approximate surface area is 67.7 Å². The molecule has 0 spiro atoms. The SMILES string of the molecule is COC(=O)CCN(C)N(C)C. The van der Waals surface area contributed by atoms with Gasteiger partial charge >= 0.3 is 5.97 Å². The molecule has 0 rings (SSSR count). The number of carbonyl (C=O) groups excluding carboxylic acids is 1. The quantitative estimate of drug-likeness (QED) is 0.426. The first-order chi connectivity index (χ1) is 5.07. The summed E-state index contributed by atoms with van der Waals surface area (Å²) in [6, 6.07) is 0. The fraction of sp³-hybridized carbons (Fsp3) is 0.857. The average molecular weight is 160 g/mol. The molecule has 0 fully saturated rings. The summed E-state index contributed by atoms with van der Waals surface area (Å²) >= 11 is 0. The Hall–Kier alpha value is -0.610. The minimum atomic E-state index is -0.168. The number of esters is 1. The second-order valence-electron chi connectivity index (χ2n) is 2.55. The van der Waals surface area contributed by atoms with Gasteiger partial charge in [-0.25, -0.2) is 10.0 Å². The molecule has 0 unspecified atom stereocenters. The van der Waals surface area contributed by atoms with Crippen molar-refractivity contribution in [3.63, 3.8) is 0 Å². The topological polar surface area (TPSA) is 32.8 Å². The van der Waals surface area contributed by atoms with E-state index < -0.39 is 0 Å². The number of rotatable bonds is 4. The summed E-state index contributed by atoms with van der Waals surface area (Å²) in [6.45, 7) is 0.694. The van der Waals surface area contributed by atoms with Gasteiger partial charge in [0.05, 0.1) is 13.5 Å². The highest BCUT2D eigenvalue weighted by Gasteiger charge is 2.04. The zero-order chi connectivity index (χ0) is 8.85. The lowest BCUT2D eigenvalue weighted by atomic mass is 10.4. The molecule has 0 aromatic heterocycles. The van der Waals surface area contributed by atoms with Gasteiger partial charge in [0.2, 0.25) is 0 Å². The molecular weight excluding hydrogens is 144 g/mol. The summed E-state index contributed by atoms with van der Waals surface area (Å²) in [4.78, 5) is 10.7. The number of ether oxygens (including phenoxy) is 1. The van der Waals surface area contributed by atoms with Crippen LogP contribution in [-0.4, -0.2) is 50.8 Å². The first-order valence-electron chi connectivity index (χ1n) is 3.53. The Morgan fingerprint density at radius 3 is 2.27 bits per heavy atom. The van der Waals surface area contributed by atoms with Gasteiger partial charge in [-0.15, -0.1) is 0 Å². The molecule has 0 aromatic carbocycles. The molecule has 0 atom stereocenters. The van der Waals surface area contributed by atoms with Crippen LogP contribution in [0, 0.1) is 0 Å². The van der Waals surface area contributed by atoms with Crippen molar-refractivity contribution in [3.05, 3.63) is 0 Å². The van der Waals surface area contributed by atoms with E-state index >= 15 is 0 Å². The van der Waals surface area contributed by atoms with Crippen LogP contribution in [0.3, 0.4) is 0 Å². The number of hydrogen-bond acceptors (Lipinski definition) is 4. The lowest BCUT2D eigenvalue weighted by molar-refractivity contribution is -0.141. The normalized spacial score (nSPS) is 10.7. The van der Waals surface area contributed by atoms with Gasteiger partial charge in [-0.05, 0) is 0 Å². The van der Waals surface area contributed by atoms with Crippen molar-refractivity contribution in [1.29, 1.82) is 0 Å². The van der Waals surface area contributed by atoms with Gasteiger partial charge in [0.1, 0.15) is 0 Å². The van der Waals surface area contributed by atoms with Crippen molar-refractivity contribution in [2.75, 3.05) is 34.8 Å². The van der Waals surface area contributed by atoms with Crippen LogP contribution in [0.2, 0.25) is 0 Å². The van der Waals surface area contributed by atoms with Crippen LogP contribution in [0.1, 0.15) is 6.42 Å². The molecule has 0 aromatic rings. The van der Waals surface area contributed by atoms with Crippen molar-refractivity contribution in [3.8, 4) is 0 Å². The molecule has 0 radical (unpaired) electrons. The van der Waals surface area contributed by atoms with Crippen molar-refractivity contribution >= 4 is 5.97 Å². The van der Waals surface area contributed by atoms with Gasteiger partial charge in [0.25, 0.3) is 0 Å². The number of hydrazine groups is 1. The Bertz CT molecular complexity index is 126. The maximum absolute atomic E-state index is 10.7. The van der Waals surface area contributed by atoms with Crippen molar-refractivity contribution in [2.24, 2.45) is 0 Å². The van der Waals surface area contributed by atoms with Crippen LogP contribution in [0.25, 0.3) is 0 Å². The van der Waals surface area contributed by atoms with E-state index in [1.807, 2.05) is 31.2 Å². The number of hydrogen-bond donors (Lipinski definition) is 0.